The van der Waals surface area contributed by atoms with Gasteiger partial charge in [-0.2, -0.15) is 0 Å². The van der Waals surface area contributed by atoms with Crippen molar-refractivity contribution in [2.75, 3.05) is 13.7 Å². The van der Waals surface area contributed by atoms with Crippen molar-refractivity contribution in [1.82, 2.24) is 0 Å². The number of hydrogen-bond acceptors (Lipinski definition) is 3. The minimum atomic E-state index is -0.941. The summed E-state index contributed by atoms with van der Waals surface area (Å²) in [5.74, 6) is -0.327. The maximum atomic E-state index is 13.3. The fourth-order valence-corrected chi connectivity index (χ4v) is 1.59. The lowest BCUT2D eigenvalue weighted by molar-refractivity contribution is -0.148. The van der Waals surface area contributed by atoms with E-state index in [0.29, 0.717) is 17.9 Å². The number of methoxy groups -OCH3 is 1. The topological polar surface area (TPSA) is 35.5 Å². The summed E-state index contributed by atoms with van der Waals surface area (Å²) in [5, 5.41) is 0. The lowest BCUT2D eigenvalue weighted by Crippen LogP contribution is -2.31. The van der Waals surface area contributed by atoms with E-state index in [1.807, 2.05) is 0 Å². The largest absolute Gasteiger partial charge is 0.496 e. The van der Waals surface area contributed by atoms with Gasteiger partial charge < -0.3 is 9.47 Å². The van der Waals surface area contributed by atoms with Crippen LogP contribution in [0, 0.1) is 5.82 Å². The monoisotopic (exact) mass is 240 g/mol. The van der Waals surface area contributed by atoms with Gasteiger partial charge in [-0.25, -0.2) is 4.39 Å². The Balaban J connectivity index is 3.21. The average molecular weight is 240 g/mol. The molecule has 1 aromatic rings. The first-order chi connectivity index (χ1) is 7.93. The molecule has 0 aromatic heterocycles. The zero-order chi connectivity index (χ0) is 13.1. The van der Waals surface area contributed by atoms with Crippen LogP contribution in [0.2, 0.25) is 0 Å². The minimum Gasteiger partial charge on any atom is -0.496 e. The van der Waals surface area contributed by atoms with Crippen molar-refractivity contribution in [3.8, 4) is 5.75 Å². The van der Waals surface area contributed by atoms with E-state index < -0.39 is 17.2 Å². The zero-order valence-corrected chi connectivity index (χ0v) is 10.5. The highest BCUT2D eigenvalue weighted by atomic mass is 19.1. The maximum absolute atomic E-state index is 13.3. The molecule has 0 heterocycles. The molecule has 94 valence electrons. The van der Waals surface area contributed by atoms with Gasteiger partial charge in [0.2, 0.25) is 0 Å². The Morgan fingerprint density at radius 3 is 2.59 bits per heavy atom. The molecule has 0 aliphatic carbocycles. The van der Waals surface area contributed by atoms with Crippen LogP contribution in [0.4, 0.5) is 4.39 Å². The molecule has 0 spiro atoms. The van der Waals surface area contributed by atoms with Crippen LogP contribution in [0.15, 0.2) is 18.2 Å². The predicted octanol–water partition coefficient (Wildman–Crippen LogP) is 2.68. The lowest BCUT2D eigenvalue weighted by Gasteiger charge is -2.24. The van der Waals surface area contributed by atoms with Crippen molar-refractivity contribution in [2.45, 2.75) is 26.2 Å². The molecule has 0 atom stereocenters. The summed E-state index contributed by atoms with van der Waals surface area (Å²) in [6.45, 7) is 5.39. The molecule has 0 fully saturated rings. The van der Waals surface area contributed by atoms with Gasteiger partial charge in [0, 0.05) is 5.56 Å². The van der Waals surface area contributed by atoms with Gasteiger partial charge in [-0.1, -0.05) is 0 Å². The van der Waals surface area contributed by atoms with Crippen molar-refractivity contribution in [2.24, 2.45) is 0 Å². The van der Waals surface area contributed by atoms with E-state index in [-0.39, 0.29) is 0 Å². The molecule has 0 unspecified atom stereocenters. The Kier molecular flexibility index (Phi) is 4.10. The molecule has 0 aliphatic heterocycles. The van der Waals surface area contributed by atoms with Gasteiger partial charge in [0.25, 0.3) is 0 Å². The number of rotatable bonds is 4. The summed E-state index contributed by atoms with van der Waals surface area (Å²) in [6.07, 6.45) is 0. The highest BCUT2D eigenvalue weighted by Gasteiger charge is 2.34. The molecule has 0 bridgehead atoms. The van der Waals surface area contributed by atoms with Crippen molar-refractivity contribution < 1.29 is 18.7 Å². The molecular formula is C13H17FO3. The molecule has 0 aliphatic rings. The SMILES string of the molecule is CCOC(=O)C(C)(C)c1cc(F)ccc1OC. The van der Waals surface area contributed by atoms with E-state index in [4.69, 9.17) is 9.47 Å². The Morgan fingerprint density at radius 2 is 2.06 bits per heavy atom. The molecule has 0 saturated heterocycles. The Morgan fingerprint density at radius 1 is 1.41 bits per heavy atom. The molecule has 1 rings (SSSR count). The first-order valence-corrected chi connectivity index (χ1v) is 5.44. The second-order valence-electron chi connectivity index (χ2n) is 4.19. The summed E-state index contributed by atoms with van der Waals surface area (Å²) in [5.41, 5.74) is -0.456. The van der Waals surface area contributed by atoms with Gasteiger partial charge in [-0.15, -0.1) is 0 Å². The lowest BCUT2D eigenvalue weighted by atomic mass is 9.84. The van der Waals surface area contributed by atoms with Crippen molar-refractivity contribution >= 4 is 5.97 Å². The van der Waals surface area contributed by atoms with E-state index in [9.17, 15) is 9.18 Å². The molecule has 0 radical (unpaired) electrons. The second kappa shape index (κ2) is 5.17. The van der Waals surface area contributed by atoms with Crippen LogP contribution in [-0.2, 0) is 14.9 Å². The van der Waals surface area contributed by atoms with Crippen LogP contribution >= 0.6 is 0 Å². The average Bonchev–Trinajstić information content (AvgIpc) is 2.29. The summed E-state index contributed by atoms with van der Waals surface area (Å²) in [7, 11) is 1.48. The van der Waals surface area contributed by atoms with Gasteiger partial charge in [0.05, 0.1) is 19.1 Å². The third kappa shape index (κ3) is 2.75. The molecule has 0 amide bonds. The normalized spacial score (nSPS) is 11.1. The number of esters is 1. The number of carbonyl (C=O) groups excluding carboxylic acids is 1. The van der Waals surface area contributed by atoms with Crippen LogP contribution < -0.4 is 4.74 Å². The zero-order valence-electron chi connectivity index (χ0n) is 10.5. The smallest absolute Gasteiger partial charge is 0.316 e. The number of carbonyl (C=O) groups is 1. The highest BCUT2D eigenvalue weighted by Crippen LogP contribution is 2.33. The van der Waals surface area contributed by atoms with Crippen molar-refractivity contribution in [3.05, 3.63) is 29.6 Å². The Hall–Kier alpha value is -1.58. The number of hydrogen-bond donors (Lipinski definition) is 0. The van der Waals surface area contributed by atoms with Gasteiger partial charge in [-0.05, 0) is 39.0 Å². The standard InChI is InChI=1S/C13H17FO3/c1-5-17-12(15)13(2,3)10-8-9(14)6-7-11(10)16-4/h6-8H,5H2,1-4H3. The molecule has 0 N–H and O–H groups in total. The molecule has 1 aromatic carbocycles. The Bertz CT molecular complexity index is 413. The second-order valence-corrected chi connectivity index (χ2v) is 4.19. The summed E-state index contributed by atoms with van der Waals surface area (Å²) in [6, 6.07) is 4.10. The van der Waals surface area contributed by atoms with Crippen molar-refractivity contribution in [1.29, 1.82) is 0 Å². The van der Waals surface area contributed by atoms with Crippen LogP contribution in [0.5, 0.6) is 5.75 Å². The molecule has 4 heteroatoms. The molecule has 0 saturated carbocycles. The predicted molar refractivity (Wildman–Crippen MR) is 62.6 cm³/mol. The number of halogens is 1. The van der Waals surface area contributed by atoms with E-state index in [1.165, 1.54) is 25.3 Å². The number of ether oxygens (including phenoxy) is 2. The van der Waals surface area contributed by atoms with E-state index in [2.05, 4.69) is 0 Å². The fourth-order valence-electron chi connectivity index (χ4n) is 1.59. The fraction of sp³-hybridized carbons (Fsp3) is 0.462. The third-order valence-corrected chi connectivity index (χ3v) is 2.62. The maximum Gasteiger partial charge on any atom is 0.316 e. The minimum absolute atomic E-state index is 0.292. The van der Waals surface area contributed by atoms with Crippen molar-refractivity contribution in [3.63, 3.8) is 0 Å². The summed E-state index contributed by atoms with van der Waals surface area (Å²) in [4.78, 5) is 11.8. The van der Waals surface area contributed by atoms with E-state index in [1.54, 1.807) is 20.8 Å². The molecular weight excluding hydrogens is 223 g/mol. The van der Waals surface area contributed by atoms with Crippen LogP contribution in [0.1, 0.15) is 26.3 Å². The first-order valence-electron chi connectivity index (χ1n) is 5.44. The van der Waals surface area contributed by atoms with E-state index in [0.717, 1.165) is 0 Å². The third-order valence-electron chi connectivity index (χ3n) is 2.62. The van der Waals surface area contributed by atoms with Gasteiger partial charge in [0.1, 0.15) is 11.6 Å². The quantitative estimate of drug-likeness (QED) is 0.759. The van der Waals surface area contributed by atoms with Crippen LogP contribution in [0.3, 0.4) is 0 Å². The van der Waals surface area contributed by atoms with Gasteiger partial charge >= 0.3 is 5.97 Å². The number of benzene rings is 1. The van der Waals surface area contributed by atoms with Crippen LogP contribution in [0.25, 0.3) is 0 Å². The van der Waals surface area contributed by atoms with E-state index >= 15 is 0 Å². The molecule has 17 heavy (non-hydrogen) atoms. The highest BCUT2D eigenvalue weighted by molar-refractivity contribution is 5.83. The Labute approximate surface area is 101 Å². The first kappa shape index (κ1) is 13.5. The molecule has 3 nitrogen and oxygen atoms in total. The van der Waals surface area contributed by atoms with Crippen LogP contribution in [-0.4, -0.2) is 19.7 Å². The van der Waals surface area contributed by atoms with Gasteiger partial charge in [0.15, 0.2) is 0 Å². The summed E-state index contributed by atoms with van der Waals surface area (Å²) >= 11 is 0. The summed E-state index contributed by atoms with van der Waals surface area (Å²) < 4.78 is 23.4. The van der Waals surface area contributed by atoms with Gasteiger partial charge in [-0.3, -0.25) is 4.79 Å².